The molecule has 0 spiro atoms. The third-order valence-electron chi connectivity index (χ3n) is 3.91. The minimum atomic E-state index is -0.296. The number of para-hydroxylation sites is 3. The third kappa shape index (κ3) is 3.97. The summed E-state index contributed by atoms with van der Waals surface area (Å²) in [4.78, 5) is 20.9. The minimum Gasteiger partial charge on any atom is -0.495 e. The molecule has 0 radical (unpaired) electrons. The normalized spacial score (nSPS) is 10.2. The fourth-order valence-electron chi connectivity index (χ4n) is 2.52. The maximum atomic E-state index is 12.4. The van der Waals surface area contributed by atoms with Gasteiger partial charge in [0.05, 0.1) is 18.4 Å². The van der Waals surface area contributed by atoms with Gasteiger partial charge >= 0.3 is 0 Å². The largest absolute Gasteiger partial charge is 0.495 e. The third-order valence-corrected chi connectivity index (χ3v) is 3.91. The van der Waals surface area contributed by atoms with E-state index in [4.69, 9.17) is 4.74 Å². The van der Waals surface area contributed by atoms with E-state index in [-0.39, 0.29) is 5.91 Å². The predicted octanol–water partition coefficient (Wildman–Crippen LogP) is 4.04. The van der Waals surface area contributed by atoms with Crippen molar-refractivity contribution in [1.82, 2.24) is 9.97 Å². The lowest BCUT2D eigenvalue weighted by Gasteiger charge is -2.11. The number of anilines is 3. The summed E-state index contributed by atoms with van der Waals surface area (Å²) in [7, 11) is 1.56. The van der Waals surface area contributed by atoms with Gasteiger partial charge in [-0.3, -0.25) is 4.79 Å². The fraction of sp³-hybridized carbons (Fsp3) is 0.150. The van der Waals surface area contributed by atoms with Crippen LogP contribution >= 0.6 is 0 Å². The Morgan fingerprint density at radius 2 is 1.65 bits per heavy atom. The Morgan fingerprint density at radius 1 is 1.00 bits per heavy atom. The van der Waals surface area contributed by atoms with E-state index < -0.39 is 0 Å². The molecule has 0 fully saturated rings. The Bertz CT molecular complexity index is 894. The van der Waals surface area contributed by atoms with Crippen LogP contribution in [0.3, 0.4) is 0 Å². The highest BCUT2D eigenvalue weighted by Gasteiger charge is 2.11. The zero-order chi connectivity index (χ0) is 18.4. The van der Waals surface area contributed by atoms with Crippen LogP contribution < -0.4 is 15.4 Å². The Balaban J connectivity index is 1.72. The second-order valence-corrected chi connectivity index (χ2v) is 5.59. The van der Waals surface area contributed by atoms with Crippen LogP contribution in [0.2, 0.25) is 0 Å². The van der Waals surface area contributed by atoms with Gasteiger partial charge in [-0.25, -0.2) is 9.97 Å². The number of nitrogens with zero attached hydrogens (tertiary/aromatic N) is 2. The molecule has 0 atom stereocenters. The molecule has 0 aliphatic rings. The molecular formula is C20H20N4O2. The summed E-state index contributed by atoms with van der Waals surface area (Å²) >= 11 is 0. The van der Waals surface area contributed by atoms with E-state index >= 15 is 0 Å². The SMILES string of the molecule is CCc1ccccc1Nc1ncc(C(=O)Nc2ccccc2OC)cn1. The van der Waals surface area contributed by atoms with Gasteiger partial charge in [0.25, 0.3) is 5.91 Å². The van der Waals surface area contributed by atoms with Crippen molar-refractivity contribution < 1.29 is 9.53 Å². The predicted molar refractivity (Wildman–Crippen MR) is 102 cm³/mol. The molecule has 1 amide bonds. The van der Waals surface area contributed by atoms with E-state index in [1.807, 2.05) is 30.3 Å². The summed E-state index contributed by atoms with van der Waals surface area (Å²) in [6.45, 7) is 2.09. The summed E-state index contributed by atoms with van der Waals surface area (Å²) < 4.78 is 5.23. The van der Waals surface area contributed by atoms with E-state index in [0.717, 1.165) is 12.1 Å². The summed E-state index contributed by atoms with van der Waals surface area (Å²) in [5.74, 6) is 0.742. The first-order valence-electron chi connectivity index (χ1n) is 8.32. The average Bonchev–Trinajstić information content (AvgIpc) is 2.69. The monoisotopic (exact) mass is 348 g/mol. The van der Waals surface area contributed by atoms with Crippen molar-refractivity contribution in [1.29, 1.82) is 0 Å². The molecule has 3 rings (SSSR count). The number of benzene rings is 2. The van der Waals surface area contributed by atoms with Gasteiger partial charge in [0.2, 0.25) is 5.95 Å². The highest BCUT2D eigenvalue weighted by atomic mass is 16.5. The smallest absolute Gasteiger partial charge is 0.258 e. The highest BCUT2D eigenvalue weighted by Crippen LogP contribution is 2.24. The Kier molecular flexibility index (Phi) is 5.43. The lowest BCUT2D eigenvalue weighted by atomic mass is 10.1. The molecule has 3 aromatic rings. The van der Waals surface area contributed by atoms with Gasteiger partial charge in [-0.15, -0.1) is 0 Å². The topological polar surface area (TPSA) is 76.1 Å². The molecule has 0 bridgehead atoms. The molecule has 0 unspecified atom stereocenters. The van der Waals surface area contributed by atoms with Crippen LogP contribution in [0.4, 0.5) is 17.3 Å². The number of hydrogen-bond donors (Lipinski definition) is 2. The number of carbonyl (C=O) groups is 1. The molecule has 132 valence electrons. The van der Waals surface area contributed by atoms with E-state index in [9.17, 15) is 4.79 Å². The number of rotatable bonds is 6. The zero-order valence-corrected chi connectivity index (χ0v) is 14.7. The van der Waals surface area contributed by atoms with Gasteiger partial charge < -0.3 is 15.4 Å². The van der Waals surface area contributed by atoms with Crippen molar-refractivity contribution in [2.75, 3.05) is 17.7 Å². The Morgan fingerprint density at radius 3 is 2.35 bits per heavy atom. The molecule has 0 aliphatic carbocycles. The molecule has 1 aromatic heterocycles. The molecule has 0 saturated heterocycles. The highest BCUT2D eigenvalue weighted by molar-refractivity contribution is 6.04. The number of hydrogen-bond acceptors (Lipinski definition) is 5. The molecule has 2 N–H and O–H groups in total. The van der Waals surface area contributed by atoms with Crippen LogP contribution in [0.1, 0.15) is 22.8 Å². The number of carbonyl (C=O) groups excluding carboxylic acids is 1. The van der Waals surface area contributed by atoms with Crippen molar-refractivity contribution in [2.45, 2.75) is 13.3 Å². The summed E-state index contributed by atoms with van der Waals surface area (Å²) in [5.41, 5.74) is 3.10. The first-order valence-corrected chi connectivity index (χ1v) is 8.32. The van der Waals surface area contributed by atoms with E-state index in [1.54, 1.807) is 19.2 Å². The first kappa shape index (κ1) is 17.4. The van der Waals surface area contributed by atoms with Crippen LogP contribution in [-0.4, -0.2) is 23.0 Å². The molecule has 6 nitrogen and oxygen atoms in total. The van der Waals surface area contributed by atoms with Crippen molar-refractivity contribution in [3.8, 4) is 5.75 Å². The van der Waals surface area contributed by atoms with E-state index in [0.29, 0.717) is 22.9 Å². The second kappa shape index (κ2) is 8.11. The van der Waals surface area contributed by atoms with Gasteiger partial charge in [0, 0.05) is 18.1 Å². The number of nitrogens with one attached hydrogen (secondary N) is 2. The standard InChI is InChI=1S/C20H20N4O2/c1-3-14-8-4-5-9-16(14)24-20-21-12-15(13-22-20)19(25)23-17-10-6-7-11-18(17)26-2/h4-13H,3H2,1-2H3,(H,23,25)(H,21,22,24). The number of ether oxygens (including phenoxy) is 1. The fourth-order valence-corrected chi connectivity index (χ4v) is 2.52. The zero-order valence-electron chi connectivity index (χ0n) is 14.7. The average molecular weight is 348 g/mol. The van der Waals surface area contributed by atoms with Crippen LogP contribution in [0.15, 0.2) is 60.9 Å². The second-order valence-electron chi connectivity index (χ2n) is 5.59. The molecule has 26 heavy (non-hydrogen) atoms. The summed E-state index contributed by atoms with van der Waals surface area (Å²) in [5, 5.41) is 5.98. The number of amides is 1. The molecule has 0 saturated carbocycles. The maximum Gasteiger partial charge on any atom is 0.258 e. The van der Waals surface area contributed by atoms with Crippen LogP contribution in [0.25, 0.3) is 0 Å². The molecule has 1 heterocycles. The molecule has 0 aliphatic heterocycles. The van der Waals surface area contributed by atoms with Gasteiger partial charge in [-0.1, -0.05) is 37.3 Å². The number of aromatic nitrogens is 2. The quantitative estimate of drug-likeness (QED) is 0.703. The van der Waals surface area contributed by atoms with E-state index in [2.05, 4.69) is 33.6 Å². The van der Waals surface area contributed by atoms with Crippen LogP contribution in [0, 0.1) is 0 Å². The van der Waals surface area contributed by atoms with Crippen LogP contribution in [0.5, 0.6) is 5.75 Å². The summed E-state index contributed by atoms with van der Waals surface area (Å²) in [6, 6.07) is 15.2. The first-order chi connectivity index (χ1) is 12.7. The van der Waals surface area contributed by atoms with Gasteiger partial charge in [0.1, 0.15) is 5.75 Å². The van der Waals surface area contributed by atoms with Crippen molar-refractivity contribution >= 4 is 23.2 Å². The van der Waals surface area contributed by atoms with Crippen molar-refractivity contribution in [3.05, 3.63) is 72.1 Å². The van der Waals surface area contributed by atoms with Crippen molar-refractivity contribution in [2.24, 2.45) is 0 Å². The van der Waals surface area contributed by atoms with E-state index in [1.165, 1.54) is 18.0 Å². The molecular weight excluding hydrogens is 328 g/mol. The Labute approximate surface area is 152 Å². The lowest BCUT2D eigenvalue weighted by molar-refractivity contribution is 0.102. The lowest BCUT2D eigenvalue weighted by Crippen LogP contribution is -2.13. The van der Waals surface area contributed by atoms with Gasteiger partial charge in [-0.2, -0.15) is 0 Å². The maximum absolute atomic E-state index is 12.4. The number of methoxy groups -OCH3 is 1. The Hall–Kier alpha value is -3.41. The summed E-state index contributed by atoms with van der Waals surface area (Å²) in [6.07, 6.45) is 3.89. The molecule has 2 aromatic carbocycles. The van der Waals surface area contributed by atoms with Crippen LogP contribution in [-0.2, 0) is 6.42 Å². The molecule has 6 heteroatoms. The van der Waals surface area contributed by atoms with Gasteiger partial charge in [-0.05, 0) is 30.2 Å². The van der Waals surface area contributed by atoms with Gasteiger partial charge in [0.15, 0.2) is 0 Å². The minimum absolute atomic E-state index is 0.296. The number of aryl methyl sites for hydroxylation is 1. The van der Waals surface area contributed by atoms with Crippen molar-refractivity contribution in [3.63, 3.8) is 0 Å².